The molecule has 0 saturated carbocycles. The zero-order valence-electron chi connectivity index (χ0n) is 17.0. The first-order chi connectivity index (χ1) is 13.8. The average molecular weight is 439 g/mol. The third-order valence-corrected chi connectivity index (χ3v) is 8.06. The SMILES string of the molecule is COc1ccc(C(=O)NC[C@H](c2cccs2)[NH+](C)C)cc1S(=O)(=O)N1CCCC1. The summed E-state index contributed by atoms with van der Waals surface area (Å²) in [5.41, 5.74) is 0.308. The molecule has 2 heterocycles. The molecular weight excluding hydrogens is 410 g/mol. The summed E-state index contributed by atoms with van der Waals surface area (Å²) >= 11 is 1.66. The number of benzene rings is 1. The van der Waals surface area contributed by atoms with E-state index in [4.69, 9.17) is 4.74 Å². The number of hydrogen-bond acceptors (Lipinski definition) is 5. The first-order valence-electron chi connectivity index (χ1n) is 9.64. The van der Waals surface area contributed by atoms with Gasteiger partial charge >= 0.3 is 0 Å². The molecule has 0 unspecified atom stereocenters. The van der Waals surface area contributed by atoms with Crippen molar-refractivity contribution in [2.75, 3.05) is 40.8 Å². The van der Waals surface area contributed by atoms with Gasteiger partial charge in [0.2, 0.25) is 10.0 Å². The monoisotopic (exact) mass is 438 g/mol. The molecule has 1 fully saturated rings. The molecule has 1 aliphatic rings. The standard InChI is InChI=1S/C20H27N3O4S2/c1-22(2)16(18-7-6-12-28-18)14-21-20(24)15-8-9-17(27-3)19(13-15)29(25,26)23-10-4-5-11-23/h6-9,12-13,16H,4-5,10-11,14H2,1-3H3,(H,21,24)/p+1/t16-/m1/s1. The van der Waals surface area contributed by atoms with Gasteiger partial charge in [-0.15, -0.1) is 11.3 Å². The molecule has 158 valence electrons. The number of carbonyl (C=O) groups excluding carboxylic acids is 1. The molecule has 29 heavy (non-hydrogen) atoms. The third-order valence-electron chi connectivity index (χ3n) is 5.16. The van der Waals surface area contributed by atoms with Crippen molar-refractivity contribution in [1.82, 2.24) is 9.62 Å². The fraction of sp³-hybridized carbons (Fsp3) is 0.450. The fourth-order valence-electron chi connectivity index (χ4n) is 3.46. The highest BCUT2D eigenvalue weighted by atomic mass is 32.2. The van der Waals surface area contributed by atoms with E-state index in [1.807, 2.05) is 25.5 Å². The normalized spacial score (nSPS) is 16.1. The largest absolute Gasteiger partial charge is 0.495 e. The molecule has 3 rings (SSSR count). The number of carbonyl (C=O) groups is 1. The second-order valence-corrected chi connectivity index (χ2v) is 10.2. The summed E-state index contributed by atoms with van der Waals surface area (Å²) in [4.78, 5) is 15.2. The predicted molar refractivity (Wildman–Crippen MR) is 113 cm³/mol. The maximum Gasteiger partial charge on any atom is 0.251 e. The molecule has 1 aromatic heterocycles. The lowest BCUT2D eigenvalue weighted by Crippen LogP contribution is -3.06. The Kier molecular flexibility index (Phi) is 6.94. The van der Waals surface area contributed by atoms with Crippen LogP contribution in [0.4, 0.5) is 0 Å². The van der Waals surface area contributed by atoms with Gasteiger partial charge in [0.05, 0.1) is 32.6 Å². The maximum absolute atomic E-state index is 13.0. The summed E-state index contributed by atoms with van der Waals surface area (Å²) < 4.78 is 32.7. The molecule has 0 spiro atoms. The summed E-state index contributed by atoms with van der Waals surface area (Å²) in [6.07, 6.45) is 1.69. The molecule has 2 N–H and O–H groups in total. The first kappa shape index (κ1) is 21.8. The van der Waals surface area contributed by atoms with E-state index in [1.54, 1.807) is 23.5 Å². The summed E-state index contributed by atoms with van der Waals surface area (Å²) in [5, 5.41) is 4.97. The molecule has 0 aliphatic carbocycles. The number of sulfonamides is 1. The Morgan fingerprint density at radius 1 is 1.28 bits per heavy atom. The molecule has 1 aromatic carbocycles. The van der Waals surface area contributed by atoms with E-state index >= 15 is 0 Å². The number of quaternary nitrogens is 1. The van der Waals surface area contributed by atoms with Crippen LogP contribution < -0.4 is 15.0 Å². The van der Waals surface area contributed by atoms with Gasteiger partial charge in [-0.1, -0.05) is 6.07 Å². The average Bonchev–Trinajstić information content (AvgIpc) is 3.41. The van der Waals surface area contributed by atoms with Crippen molar-refractivity contribution in [3.63, 3.8) is 0 Å². The molecular formula is C20H28N3O4S2+. The van der Waals surface area contributed by atoms with Crippen molar-refractivity contribution in [3.8, 4) is 5.75 Å². The highest BCUT2D eigenvalue weighted by Crippen LogP contribution is 2.30. The second-order valence-electron chi connectivity index (χ2n) is 7.33. The van der Waals surface area contributed by atoms with E-state index in [0.29, 0.717) is 25.2 Å². The van der Waals surface area contributed by atoms with Gasteiger partial charge in [0.15, 0.2) is 0 Å². The molecule has 1 amide bonds. The van der Waals surface area contributed by atoms with Crippen LogP contribution in [-0.4, -0.2) is 59.5 Å². The van der Waals surface area contributed by atoms with Crippen LogP contribution in [0, 0.1) is 0 Å². The van der Waals surface area contributed by atoms with Crippen LogP contribution in [0.25, 0.3) is 0 Å². The van der Waals surface area contributed by atoms with Crippen LogP contribution in [0.5, 0.6) is 5.75 Å². The van der Waals surface area contributed by atoms with E-state index in [1.165, 1.54) is 27.3 Å². The highest BCUT2D eigenvalue weighted by Gasteiger charge is 2.31. The van der Waals surface area contributed by atoms with Gasteiger partial charge in [0.1, 0.15) is 16.7 Å². The summed E-state index contributed by atoms with van der Waals surface area (Å²) in [5.74, 6) is -0.0454. The number of rotatable bonds is 8. The van der Waals surface area contributed by atoms with Crippen molar-refractivity contribution in [2.24, 2.45) is 0 Å². The van der Waals surface area contributed by atoms with Crippen LogP contribution in [0.3, 0.4) is 0 Å². The first-order valence-corrected chi connectivity index (χ1v) is 12.0. The Morgan fingerprint density at radius 3 is 2.59 bits per heavy atom. The zero-order chi connectivity index (χ0) is 21.0. The lowest BCUT2D eigenvalue weighted by molar-refractivity contribution is -0.890. The highest BCUT2D eigenvalue weighted by molar-refractivity contribution is 7.89. The van der Waals surface area contributed by atoms with E-state index in [9.17, 15) is 13.2 Å². The van der Waals surface area contributed by atoms with Gasteiger partial charge in [-0.2, -0.15) is 4.31 Å². The molecule has 0 radical (unpaired) electrons. The lowest BCUT2D eigenvalue weighted by atomic mass is 10.2. The van der Waals surface area contributed by atoms with Crippen LogP contribution in [-0.2, 0) is 10.0 Å². The molecule has 1 saturated heterocycles. The van der Waals surface area contributed by atoms with Gasteiger partial charge in [0, 0.05) is 18.7 Å². The van der Waals surface area contributed by atoms with Crippen LogP contribution in [0.2, 0.25) is 0 Å². The number of nitrogens with one attached hydrogen (secondary N) is 2. The number of thiophene rings is 1. The summed E-state index contributed by atoms with van der Waals surface area (Å²) in [6.45, 7) is 1.45. The van der Waals surface area contributed by atoms with Crippen LogP contribution in [0.1, 0.15) is 34.1 Å². The van der Waals surface area contributed by atoms with Gasteiger partial charge in [0.25, 0.3) is 5.91 Å². The van der Waals surface area contributed by atoms with Crippen molar-refractivity contribution in [1.29, 1.82) is 0 Å². The fourth-order valence-corrected chi connectivity index (χ4v) is 6.12. The van der Waals surface area contributed by atoms with E-state index in [2.05, 4.69) is 11.4 Å². The summed E-state index contributed by atoms with van der Waals surface area (Å²) in [7, 11) is 1.83. The van der Waals surface area contributed by atoms with Crippen molar-refractivity contribution < 1.29 is 22.8 Å². The Labute approximate surface area is 176 Å². The molecule has 7 nitrogen and oxygen atoms in total. The predicted octanol–water partition coefficient (Wildman–Crippen LogP) is 1.16. The van der Waals surface area contributed by atoms with E-state index < -0.39 is 10.0 Å². The second kappa shape index (κ2) is 9.25. The molecule has 2 aromatic rings. The van der Waals surface area contributed by atoms with Gasteiger partial charge in [-0.05, 0) is 42.5 Å². The molecule has 1 atom stereocenters. The Hall–Kier alpha value is -1.94. The zero-order valence-corrected chi connectivity index (χ0v) is 18.6. The minimum absolute atomic E-state index is 0.0441. The quantitative estimate of drug-likeness (QED) is 0.648. The summed E-state index contributed by atoms with van der Waals surface area (Å²) in [6, 6.07) is 8.75. The number of amides is 1. The number of ether oxygens (including phenoxy) is 1. The van der Waals surface area contributed by atoms with Crippen molar-refractivity contribution in [2.45, 2.75) is 23.8 Å². The minimum atomic E-state index is -3.69. The molecule has 0 bridgehead atoms. The number of methoxy groups -OCH3 is 1. The Morgan fingerprint density at radius 2 is 2.00 bits per heavy atom. The minimum Gasteiger partial charge on any atom is -0.495 e. The third kappa shape index (κ3) is 4.80. The molecule has 9 heteroatoms. The van der Waals surface area contributed by atoms with Gasteiger partial charge in [-0.25, -0.2) is 8.42 Å². The lowest BCUT2D eigenvalue weighted by Gasteiger charge is -2.21. The van der Waals surface area contributed by atoms with Crippen molar-refractivity contribution in [3.05, 3.63) is 46.2 Å². The Bertz CT molecular complexity index is 937. The van der Waals surface area contributed by atoms with Crippen molar-refractivity contribution >= 4 is 27.3 Å². The van der Waals surface area contributed by atoms with E-state index in [0.717, 1.165) is 12.8 Å². The van der Waals surface area contributed by atoms with Crippen LogP contribution in [0.15, 0.2) is 40.6 Å². The van der Waals surface area contributed by atoms with Crippen LogP contribution >= 0.6 is 11.3 Å². The number of hydrogen-bond donors (Lipinski definition) is 2. The Balaban J connectivity index is 1.80. The topological polar surface area (TPSA) is 80.1 Å². The van der Waals surface area contributed by atoms with Gasteiger partial charge in [-0.3, -0.25) is 4.79 Å². The smallest absolute Gasteiger partial charge is 0.251 e. The maximum atomic E-state index is 13.0. The van der Waals surface area contributed by atoms with E-state index in [-0.39, 0.29) is 22.6 Å². The number of likely N-dealkylation sites (N-methyl/N-ethyl adjacent to an activating group) is 1. The van der Waals surface area contributed by atoms with Gasteiger partial charge < -0.3 is 15.0 Å². The number of nitrogens with zero attached hydrogens (tertiary/aromatic N) is 1. The molecule has 1 aliphatic heterocycles.